The highest BCUT2D eigenvalue weighted by atomic mass is 32.1. The van der Waals surface area contributed by atoms with Crippen LogP contribution in [0.25, 0.3) is 16.2 Å². The molecule has 3 rings (SSSR count). The molecule has 0 fully saturated rings. The highest BCUT2D eigenvalue weighted by Crippen LogP contribution is 2.33. The highest BCUT2D eigenvalue weighted by Gasteiger charge is 2.22. The van der Waals surface area contributed by atoms with E-state index < -0.39 is 5.97 Å². The molecule has 0 bridgehead atoms. The molecule has 0 aliphatic carbocycles. The number of rotatable bonds is 3. The van der Waals surface area contributed by atoms with Crippen molar-refractivity contribution in [3.8, 4) is 15.8 Å². The van der Waals surface area contributed by atoms with Gasteiger partial charge in [0.15, 0.2) is 5.69 Å². The minimum atomic E-state index is -0.558. The largest absolute Gasteiger partial charge is 0.486 e. The van der Waals surface area contributed by atoms with Crippen LogP contribution in [-0.4, -0.2) is 32.1 Å². The van der Waals surface area contributed by atoms with Gasteiger partial charge in [0.25, 0.3) is 5.19 Å². The van der Waals surface area contributed by atoms with Crippen LogP contribution in [0.1, 0.15) is 23.0 Å². The van der Waals surface area contributed by atoms with Crippen molar-refractivity contribution < 1.29 is 14.6 Å². The second-order valence-electron chi connectivity index (χ2n) is 4.49. The van der Waals surface area contributed by atoms with E-state index in [2.05, 4.69) is 9.97 Å². The van der Waals surface area contributed by atoms with Crippen LogP contribution in [0.4, 0.5) is 0 Å². The van der Waals surface area contributed by atoms with Gasteiger partial charge in [0.1, 0.15) is 11.3 Å². The third kappa shape index (κ3) is 2.47. The number of hydrogen-bond donors (Lipinski definition) is 1. The van der Waals surface area contributed by atoms with Gasteiger partial charge in [-0.3, -0.25) is 0 Å². The van der Waals surface area contributed by atoms with Gasteiger partial charge in [0.2, 0.25) is 0 Å². The van der Waals surface area contributed by atoms with Crippen LogP contribution in [0.5, 0.6) is 5.19 Å². The number of aryl methyl sites for hydroxylation is 1. The summed E-state index contributed by atoms with van der Waals surface area (Å²) in [6, 6.07) is 3.91. The van der Waals surface area contributed by atoms with E-state index in [0.29, 0.717) is 10.6 Å². The highest BCUT2D eigenvalue weighted by molar-refractivity contribution is 7.17. The predicted octanol–water partition coefficient (Wildman–Crippen LogP) is 2.65. The normalized spacial score (nSPS) is 11.0. The maximum Gasteiger partial charge on any atom is 0.358 e. The average Bonchev–Trinajstić information content (AvgIpc) is 3.01. The number of esters is 1. The smallest absolute Gasteiger partial charge is 0.358 e. The van der Waals surface area contributed by atoms with Crippen molar-refractivity contribution in [2.24, 2.45) is 0 Å². The lowest BCUT2D eigenvalue weighted by molar-refractivity contribution is 0.0520. The molecule has 0 aliphatic rings. The molecule has 0 radical (unpaired) electrons. The lowest BCUT2D eigenvalue weighted by Gasteiger charge is -1.99. The summed E-state index contributed by atoms with van der Waals surface area (Å²) in [7, 11) is 0. The van der Waals surface area contributed by atoms with E-state index in [9.17, 15) is 9.90 Å². The lowest BCUT2D eigenvalue weighted by atomic mass is 10.3. The van der Waals surface area contributed by atoms with Crippen LogP contribution in [0.2, 0.25) is 0 Å². The molecule has 3 heterocycles. The molecule has 0 amide bonds. The van der Waals surface area contributed by atoms with Gasteiger partial charge in [-0.25, -0.2) is 9.78 Å². The van der Waals surface area contributed by atoms with Crippen LogP contribution in [0.15, 0.2) is 24.5 Å². The number of ether oxygens (including phenoxy) is 1. The fraction of sp³-hybridized carbons (Fsp3) is 0.214. The van der Waals surface area contributed by atoms with Crippen LogP contribution in [0, 0.1) is 6.92 Å². The van der Waals surface area contributed by atoms with E-state index >= 15 is 0 Å². The number of carbonyl (C=O) groups is 1. The van der Waals surface area contributed by atoms with Crippen molar-refractivity contribution in [3.63, 3.8) is 0 Å². The Morgan fingerprint density at radius 3 is 3.05 bits per heavy atom. The van der Waals surface area contributed by atoms with E-state index in [1.54, 1.807) is 13.1 Å². The third-order valence-corrected chi connectivity index (χ3v) is 3.81. The monoisotopic (exact) mass is 303 g/mol. The quantitative estimate of drug-likeness (QED) is 0.753. The molecule has 7 heteroatoms. The maximum atomic E-state index is 11.9. The maximum absolute atomic E-state index is 11.9. The molecule has 0 spiro atoms. The van der Waals surface area contributed by atoms with Crippen LogP contribution in [0.3, 0.4) is 0 Å². The van der Waals surface area contributed by atoms with Crippen molar-refractivity contribution in [2.45, 2.75) is 13.8 Å². The van der Waals surface area contributed by atoms with Crippen LogP contribution < -0.4 is 0 Å². The number of aromatic nitrogens is 3. The summed E-state index contributed by atoms with van der Waals surface area (Å²) in [5.41, 5.74) is 2.55. The van der Waals surface area contributed by atoms with Gasteiger partial charge in [0, 0.05) is 12.4 Å². The van der Waals surface area contributed by atoms with Gasteiger partial charge in [-0.2, -0.15) is 4.98 Å². The van der Waals surface area contributed by atoms with Gasteiger partial charge in [-0.15, -0.1) is 0 Å². The van der Waals surface area contributed by atoms with Crippen molar-refractivity contribution in [1.29, 1.82) is 0 Å². The fourth-order valence-corrected chi connectivity index (χ4v) is 2.76. The summed E-state index contributed by atoms with van der Waals surface area (Å²) >= 11 is 1.01. The molecule has 21 heavy (non-hydrogen) atoms. The molecule has 6 nitrogen and oxygen atoms in total. The fourth-order valence-electron chi connectivity index (χ4n) is 2.01. The molecule has 108 valence electrons. The Labute approximate surface area is 124 Å². The summed E-state index contributed by atoms with van der Waals surface area (Å²) in [6.07, 6.45) is 3.69. The van der Waals surface area contributed by atoms with Gasteiger partial charge in [0.05, 0.1) is 11.5 Å². The molecular formula is C14H13N3O3S. The van der Waals surface area contributed by atoms with Crippen molar-refractivity contribution in [2.75, 3.05) is 6.61 Å². The molecule has 0 saturated heterocycles. The number of carbonyl (C=O) groups excluding carboxylic acids is 1. The number of imidazole rings is 1. The van der Waals surface area contributed by atoms with Crippen LogP contribution >= 0.6 is 11.3 Å². The molecule has 1 N–H and O–H groups in total. The van der Waals surface area contributed by atoms with E-state index in [1.165, 1.54) is 0 Å². The molecule has 0 atom stereocenters. The number of nitrogens with zero attached hydrogens (tertiary/aromatic N) is 3. The first kappa shape index (κ1) is 13.6. The third-order valence-electron chi connectivity index (χ3n) is 2.93. The van der Waals surface area contributed by atoms with E-state index in [0.717, 1.165) is 22.5 Å². The standard InChI is InChI=1S/C14H13N3O3S/c1-3-20-13(18)11-12(21-14(19)16-11)9-7-17-5-4-8(2)6-10(17)15-9/h4-7H,3H2,1-2H3,(H,16,19). The molecule has 0 aromatic carbocycles. The summed E-state index contributed by atoms with van der Waals surface area (Å²) < 4.78 is 6.81. The minimum absolute atomic E-state index is 0.0967. The van der Waals surface area contributed by atoms with Gasteiger partial charge in [-0.05, 0) is 31.5 Å². The summed E-state index contributed by atoms with van der Waals surface area (Å²) in [5, 5.41) is 9.42. The predicted molar refractivity (Wildman–Crippen MR) is 78.7 cm³/mol. The zero-order valence-corrected chi connectivity index (χ0v) is 12.3. The number of thiazole rings is 1. The van der Waals surface area contributed by atoms with Crippen LogP contribution in [-0.2, 0) is 4.74 Å². The lowest BCUT2D eigenvalue weighted by Crippen LogP contribution is -2.06. The average molecular weight is 303 g/mol. The Balaban J connectivity index is 2.11. The number of aromatic hydroxyl groups is 1. The van der Waals surface area contributed by atoms with Crippen molar-refractivity contribution in [1.82, 2.24) is 14.4 Å². The Bertz CT molecular complexity index is 822. The Hall–Kier alpha value is -2.41. The number of hydrogen-bond acceptors (Lipinski definition) is 6. The zero-order chi connectivity index (χ0) is 15.0. The first-order valence-corrected chi connectivity index (χ1v) is 7.22. The van der Waals surface area contributed by atoms with E-state index in [4.69, 9.17) is 4.74 Å². The number of fused-ring (bicyclic) bond motifs is 1. The Morgan fingerprint density at radius 2 is 2.29 bits per heavy atom. The van der Waals surface area contributed by atoms with Crippen molar-refractivity contribution >= 4 is 23.0 Å². The first-order valence-electron chi connectivity index (χ1n) is 6.41. The number of pyridine rings is 1. The van der Waals surface area contributed by atoms with Gasteiger partial charge < -0.3 is 14.2 Å². The molecule has 3 aromatic rings. The molecule has 0 unspecified atom stereocenters. The minimum Gasteiger partial charge on any atom is -0.486 e. The topological polar surface area (TPSA) is 76.7 Å². The first-order chi connectivity index (χ1) is 10.1. The van der Waals surface area contributed by atoms with Gasteiger partial charge >= 0.3 is 5.97 Å². The Kier molecular flexibility index (Phi) is 3.34. The molecule has 3 aromatic heterocycles. The van der Waals surface area contributed by atoms with Crippen molar-refractivity contribution in [3.05, 3.63) is 35.8 Å². The summed E-state index contributed by atoms with van der Waals surface area (Å²) in [5.74, 6) is -0.558. The summed E-state index contributed by atoms with van der Waals surface area (Å²) in [6.45, 7) is 3.95. The molecule has 0 aliphatic heterocycles. The SMILES string of the molecule is CCOC(=O)c1nc(O)sc1-c1cn2ccc(C)cc2n1. The molecule has 0 saturated carbocycles. The Morgan fingerprint density at radius 1 is 1.48 bits per heavy atom. The second kappa shape index (κ2) is 5.17. The van der Waals surface area contributed by atoms with Gasteiger partial charge in [-0.1, -0.05) is 11.3 Å². The zero-order valence-electron chi connectivity index (χ0n) is 11.5. The van der Waals surface area contributed by atoms with E-state index in [1.807, 2.05) is 29.7 Å². The second-order valence-corrected chi connectivity index (χ2v) is 5.47. The molecular weight excluding hydrogens is 290 g/mol. The van der Waals surface area contributed by atoms with E-state index in [-0.39, 0.29) is 17.5 Å². The summed E-state index contributed by atoms with van der Waals surface area (Å²) in [4.78, 5) is 20.7.